The van der Waals surface area contributed by atoms with Crippen LogP contribution in [0.15, 0.2) is 30.9 Å². The summed E-state index contributed by atoms with van der Waals surface area (Å²) >= 11 is 0. The lowest BCUT2D eigenvalue weighted by Crippen LogP contribution is -2.11. The summed E-state index contributed by atoms with van der Waals surface area (Å²) in [4.78, 5) is 0. The minimum absolute atomic E-state index is 0. The first-order valence-electron chi connectivity index (χ1n) is 4.59. The van der Waals surface area contributed by atoms with Gasteiger partial charge in [-0.25, -0.2) is 0 Å². The summed E-state index contributed by atoms with van der Waals surface area (Å²) < 4.78 is 0. The number of rotatable bonds is 3. The highest BCUT2D eigenvalue weighted by Crippen LogP contribution is 2.20. The number of hydrogen-bond acceptors (Lipinski definition) is 1. The van der Waals surface area contributed by atoms with Crippen molar-refractivity contribution < 1.29 is 0 Å². The van der Waals surface area contributed by atoms with E-state index in [1.165, 1.54) is 16.7 Å². The van der Waals surface area contributed by atoms with Crippen molar-refractivity contribution in [3.63, 3.8) is 0 Å². The van der Waals surface area contributed by atoms with E-state index in [1.807, 2.05) is 6.08 Å². The molecule has 1 rings (SSSR count). The number of halogens is 1. The molecule has 0 amide bonds. The third kappa shape index (κ3) is 2.86. The first-order chi connectivity index (χ1) is 6.16. The molecule has 1 aromatic rings. The van der Waals surface area contributed by atoms with Crippen molar-refractivity contribution in [3.8, 4) is 0 Å². The maximum Gasteiger partial charge on any atom is 0.0332 e. The smallest absolute Gasteiger partial charge is 0.0332 e. The molecule has 0 heterocycles. The molecule has 0 aliphatic rings. The van der Waals surface area contributed by atoms with Gasteiger partial charge in [0.25, 0.3) is 0 Å². The predicted octanol–water partition coefficient (Wildman–Crippen LogP) is 3.30. The molecule has 0 unspecified atom stereocenters. The quantitative estimate of drug-likeness (QED) is 0.763. The molecular weight excluding hydrogens is 194 g/mol. The average molecular weight is 212 g/mol. The van der Waals surface area contributed by atoms with E-state index in [0.717, 1.165) is 6.42 Å². The molecule has 0 spiro atoms. The van der Waals surface area contributed by atoms with E-state index in [-0.39, 0.29) is 18.4 Å². The molecule has 0 fully saturated rings. The first-order valence-corrected chi connectivity index (χ1v) is 4.59. The van der Waals surface area contributed by atoms with Crippen LogP contribution in [0.3, 0.4) is 0 Å². The van der Waals surface area contributed by atoms with E-state index in [2.05, 4.69) is 38.6 Å². The van der Waals surface area contributed by atoms with E-state index < -0.39 is 0 Å². The Balaban J connectivity index is 0.00000169. The van der Waals surface area contributed by atoms with Crippen LogP contribution in [0.1, 0.15) is 29.2 Å². The minimum Gasteiger partial charge on any atom is -0.324 e. The fourth-order valence-electron chi connectivity index (χ4n) is 1.48. The molecule has 0 aromatic heterocycles. The predicted molar refractivity (Wildman–Crippen MR) is 64.9 cm³/mol. The molecule has 2 heteroatoms. The average Bonchev–Trinajstić information content (AvgIpc) is 2.10. The van der Waals surface area contributed by atoms with Gasteiger partial charge in [0, 0.05) is 6.04 Å². The van der Waals surface area contributed by atoms with Crippen LogP contribution >= 0.6 is 12.4 Å². The lowest BCUT2D eigenvalue weighted by atomic mass is 9.96. The molecule has 78 valence electrons. The van der Waals surface area contributed by atoms with Gasteiger partial charge in [-0.3, -0.25) is 0 Å². The Bertz CT molecular complexity index is 307. The van der Waals surface area contributed by atoms with Crippen molar-refractivity contribution in [2.75, 3.05) is 0 Å². The van der Waals surface area contributed by atoms with Crippen LogP contribution < -0.4 is 5.73 Å². The highest BCUT2D eigenvalue weighted by Gasteiger charge is 2.07. The van der Waals surface area contributed by atoms with Crippen LogP contribution in [0.4, 0.5) is 0 Å². The fraction of sp³-hybridized carbons (Fsp3) is 0.333. The van der Waals surface area contributed by atoms with Gasteiger partial charge >= 0.3 is 0 Å². The maximum atomic E-state index is 6.00. The molecule has 0 saturated carbocycles. The normalized spacial score (nSPS) is 11.6. The van der Waals surface area contributed by atoms with Gasteiger partial charge in [0.1, 0.15) is 0 Å². The summed E-state index contributed by atoms with van der Waals surface area (Å²) in [5.74, 6) is 0. The van der Waals surface area contributed by atoms with Gasteiger partial charge in [-0.1, -0.05) is 24.3 Å². The van der Waals surface area contributed by atoms with E-state index >= 15 is 0 Å². The summed E-state index contributed by atoms with van der Waals surface area (Å²) in [5.41, 5.74) is 9.85. The number of hydrogen-bond donors (Lipinski definition) is 1. The third-order valence-electron chi connectivity index (χ3n) is 2.47. The lowest BCUT2D eigenvalue weighted by molar-refractivity contribution is 0.734. The van der Waals surface area contributed by atoms with Crippen molar-refractivity contribution >= 4 is 12.4 Å². The van der Waals surface area contributed by atoms with Crippen LogP contribution in [0.2, 0.25) is 0 Å². The largest absolute Gasteiger partial charge is 0.324 e. The van der Waals surface area contributed by atoms with Gasteiger partial charge in [-0.15, -0.1) is 19.0 Å². The summed E-state index contributed by atoms with van der Waals surface area (Å²) in [5, 5.41) is 0. The topological polar surface area (TPSA) is 26.0 Å². The van der Waals surface area contributed by atoms with E-state index in [1.54, 1.807) is 0 Å². The van der Waals surface area contributed by atoms with Gasteiger partial charge < -0.3 is 5.73 Å². The highest BCUT2D eigenvalue weighted by molar-refractivity contribution is 5.85. The number of nitrogens with two attached hydrogens (primary N) is 1. The fourth-order valence-corrected chi connectivity index (χ4v) is 1.48. The van der Waals surface area contributed by atoms with E-state index in [0.29, 0.717) is 0 Å². The SMILES string of the molecule is C=CC[C@H](N)c1cccc(C)c1C.Cl. The monoisotopic (exact) mass is 211 g/mol. The Hall–Kier alpha value is -0.790. The van der Waals surface area contributed by atoms with Crippen molar-refractivity contribution in [2.45, 2.75) is 26.3 Å². The second-order valence-electron chi connectivity index (χ2n) is 3.42. The molecule has 2 N–H and O–H groups in total. The highest BCUT2D eigenvalue weighted by atomic mass is 35.5. The summed E-state index contributed by atoms with van der Waals surface area (Å²) in [7, 11) is 0. The van der Waals surface area contributed by atoms with Crippen LogP contribution in [-0.2, 0) is 0 Å². The van der Waals surface area contributed by atoms with Crippen molar-refractivity contribution in [1.82, 2.24) is 0 Å². The van der Waals surface area contributed by atoms with Gasteiger partial charge in [0.2, 0.25) is 0 Å². The summed E-state index contributed by atoms with van der Waals surface area (Å²) in [6, 6.07) is 6.36. The Labute approximate surface area is 92.4 Å². The molecular formula is C12H18ClN. The molecule has 0 aliphatic carbocycles. The van der Waals surface area contributed by atoms with E-state index in [9.17, 15) is 0 Å². The van der Waals surface area contributed by atoms with E-state index in [4.69, 9.17) is 5.73 Å². The Morgan fingerprint density at radius 3 is 2.64 bits per heavy atom. The Morgan fingerprint density at radius 1 is 1.43 bits per heavy atom. The summed E-state index contributed by atoms with van der Waals surface area (Å²) in [6.45, 7) is 7.93. The zero-order valence-corrected chi connectivity index (χ0v) is 9.60. The number of benzene rings is 1. The zero-order valence-electron chi connectivity index (χ0n) is 8.79. The third-order valence-corrected chi connectivity index (χ3v) is 2.47. The Kier molecular flexibility index (Phi) is 5.51. The number of aryl methyl sites for hydroxylation is 1. The van der Waals surface area contributed by atoms with Crippen molar-refractivity contribution in [3.05, 3.63) is 47.5 Å². The van der Waals surface area contributed by atoms with Crippen LogP contribution in [-0.4, -0.2) is 0 Å². The molecule has 1 aromatic carbocycles. The lowest BCUT2D eigenvalue weighted by Gasteiger charge is -2.14. The first kappa shape index (κ1) is 13.2. The maximum absolute atomic E-state index is 6.00. The van der Waals surface area contributed by atoms with Gasteiger partial charge in [-0.2, -0.15) is 0 Å². The molecule has 1 nitrogen and oxygen atoms in total. The Morgan fingerprint density at radius 2 is 2.07 bits per heavy atom. The molecule has 0 radical (unpaired) electrons. The molecule has 0 saturated heterocycles. The molecule has 0 bridgehead atoms. The summed E-state index contributed by atoms with van der Waals surface area (Å²) in [6.07, 6.45) is 2.71. The van der Waals surface area contributed by atoms with Crippen LogP contribution in [0, 0.1) is 13.8 Å². The minimum atomic E-state index is 0. The molecule has 0 aliphatic heterocycles. The second kappa shape index (κ2) is 5.84. The van der Waals surface area contributed by atoms with Gasteiger partial charge in [-0.05, 0) is 37.0 Å². The standard InChI is InChI=1S/C12H17N.ClH/c1-4-6-12(13)11-8-5-7-9(2)10(11)3;/h4-5,7-8,12H,1,6,13H2,2-3H3;1H/t12-;/m0./s1. The zero-order chi connectivity index (χ0) is 9.84. The molecule has 14 heavy (non-hydrogen) atoms. The van der Waals surface area contributed by atoms with Crippen molar-refractivity contribution in [2.24, 2.45) is 5.73 Å². The van der Waals surface area contributed by atoms with Gasteiger partial charge in [0.15, 0.2) is 0 Å². The van der Waals surface area contributed by atoms with Crippen molar-refractivity contribution in [1.29, 1.82) is 0 Å². The van der Waals surface area contributed by atoms with Gasteiger partial charge in [0.05, 0.1) is 0 Å². The van der Waals surface area contributed by atoms with Crippen LogP contribution in [0.5, 0.6) is 0 Å². The molecule has 1 atom stereocenters. The second-order valence-corrected chi connectivity index (χ2v) is 3.42. The van der Waals surface area contributed by atoms with Crippen LogP contribution in [0.25, 0.3) is 0 Å².